The maximum absolute atomic E-state index is 11.9. The Balaban J connectivity index is 3.52. The number of rotatable bonds is 4. The first kappa shape index (κ1) is 13.5. The molecule has 0 spiro atoms. The second kappa shape index (κ2) is 4.75. The Labute approximate surface area is 101 Å². The van der Waals surface area contributed by atoms with Crippen LogP contribution in [0.25, 0.3) is 0 Å². The van der Waals surface area contributed by atoms with Crippen molar-refractivity contribution in [2.75, 3.05) is 24.7 Å². The van der Waals surface area contributed by atoms with Crippen LogP contribution in [-0.4, -0.2) is 39.3 Å². The van der Waals surface area contributed by atoms with Gasteiger partial charge in [-0.05, 0) is 18.2 Å². The molecular weight excluding hydrogens is 242 g/mol. The summed E-state index contributed by atoms with van der Waals surface area (Å²) in [7, 11) is -0.00938. The van der Waals surface area contributed by atoms with Gasteiger partial charge in [-0.2, -0.15) is 0 Å². The fraction of sp³-hybridized carbons (Fsp3) is 0.364. The van der Waals surface area contributed by atoms with Crippen LogP contribution in [0.15, 0.2) is 23.1 Å². The molecule has 0 radical (unpaired) electrons. The highest BCUT2D eigenvalue weighted by molar-refractivity contribution is 7.91. The van der Waals surface area contributed by atoms with Crippen molar-refractivity contribution >= 4 is 21.5 Å². The van der Waals surface area contributed by atoms with E-state index in [9.17, 15) is 13.2 Å². The number of anilines is 1. The number of hydrogen-bond donors (Lipinski definition) is 1. The van der Waals surface area contributed by atoms with E-state index in [4.69, 9.17) is 5.11 Å². The third-order valence-corrected chi connectivity index (χ3v) is 4.16. The van der Waals surface area contributed by atoms with Crippen molar-refractivity contribution in [3.05, 3.63) is 23.8 Å². The van der Waals surface area contributed by atoms with Gasteiger partial charge in [0.1, 0.15) is 0 Å². The lowest BCUT2D eigenvalue weighted by Gasteiger charge is -2.17. The molecule has 5 nitrogen and oxygen atoms in total. The van der Waals surface area contributed by atoms with Crippen LogP contribution < -0.4 is 4.90 Å². The van der Waals surface area contributed by atoms with Gasteiger partial charge in [0.05, 0.1) is 21.9 Å². The minimum atomic E-state index is -3.43. The number of aromatic carboxylic acids is 1. The molecule has 0 fully saturated rings. The van der Waals surface area contributed by atoms with E-state index >= 15 is 0 Å². The van der Waals surface area contributed by atoms with E-state index in [1.54, 1.807) is 19.0 Å². The van der Waals surface area contributed by atoms with Gasteiger partial charge in [-0.3, -0.25) is 0 Å². The smallest absolute Gasteiger partial charge is 0.335 e. The Kier molecular flexibility index (Phi) is 3.77. The molecule has 0 unspecified atom stereocenters. The van der Waals surface area contributed by atoms with Gasteiger partial charge >= 0.3 is 5.97 Å². The number of sulfone groups is 1. The molecule has 0 saturated carbocycles. The Hall–Kier alpha value is -1.56. The number of carboxylic acid groups (broad SMARTS) is 1. The Morgan fingerprint density at radius 3 is 2.35 bits per heavy atom. The highest BCUT2D eigenvalue weighted by Crippen LogP contribution is 2.26. The average molecular weight is 257 g/mol. The van der Waals surface area contributed by atoms with E-state index in [0.29, 0.717) is 5.69 Å². The Morgan fingerprint density at radius 1 is 1.35 bits per heavy atom. The van der Waals surface area contributed by atoms with E-state index in [2.05, 4.69) is 0 Å². The number of nitrogens with zero attached hydrogens (tertiary/aromatic N) is 1. The van der Waals surface area contributed by atoms with Crippen LogP contribution in [0.4, 0.5) is 5.69 Å². The summed E-state index contributed by atoms with van der Waals surface area (Å²) in [6, 6.07) is 4.11. The molecule has 1 N–H and O–H groups in total. The highest BCUT2D eigenvalue weighted by atomic mass is 32.2. The first-order valence-electron chi connectivity index (χ1n) is 5.07. The van der Waals surface area contributed by atoms with Crippen LogP contribution in [-0.2, 0) is 9.84 Å². The molecule has 0 aliphatic rings. The van der Waals surface area contributed by atoms with Crippen LogP contribution in [0.5, 0.6) is 0 Å². The predicted molar refractivity (Wildman–Crippen MR) is 65.5 cm³/mol. The van der Waals surface area contributed by atoms with E-state index in [1.807, 2.05) is 0 Å². The first-order valence-corrected chi connectivity index (χ1v) is 6.72. The molecule has 1 aromatic rings. The zero-order valence-electron chi connectivity index (χ0n) is 9.97. The SMILES string of the molecule is CCS(=O)(=O)c1cc(C(=O)O)ccc1N(C)C. The summed E-state index contributed by atoms with van der Waals surface area (Å²) in [5, 5.41) is 8.87. The molecule has 0 heterocycles. The normalized spacial score (nSPS) is 11.2. The highest BCUT2D eigenvalue weighted by Gasteiger charge is 2.20. The second-order valence-electron chi connectivity index (χ2n) is 3.79. The standard InChI is InChI=1S/C11H15NO4S/c1-4-17(15,16)10-7-8(11(13)14)5-6-9(10)12(2)3/h5-7H,4H2,1-3H3,(H,13,14). The summed E-state index contributed by atoms with van der Waals surface area (Å²) in [6.45, 7) is 1.53. The summed E-state index contributed by atoms with van der Waals surface area (Å²) >= 11 is 0. The lowest BCUT2D eigenvalue weighted by atomic mass is 10.2. The van der Waals surface area contributed by atoms with Crippen molar-refractivity contribution in [3.63, 3.8) is 0 Å². The van der Waals surface area contributed by atoms with Crippen molar-refractivity contribution in [3.8, 4) is 0 Å². The van der Waals surface area contributed by atoms with Crippen LogP contribution in [0, 0.1) is 0 Å². The third-order valence-electron chi connectivity index (χ3n) is 2.40. The molecule has 0 bridgehead atoms. The minimum Gasteiger partial charge on any atom is -0.478 e. The van der Waals surface area contributed by atoms with E-state index in [0.717, 1.165) is 0 Å². The number of benzene rings is 1. The maximum atomic E-state index is 11.9. The topological polar surface area (TPSA) is 74.7 Å². The Morgan fingerprint density at radius 2 is 1.94 bits per heavy atom. The monoisotopic (exact) mass is 257 g/mol. The van der Waals surface area contributed by atoms with Crippen molar-refractivity contribution < 1.29 is 18.3 Å². The predicted octanol–water partition coefficient (Wildman–Crippen LogP) is 1.24. The van der Waals surface area contributed by atoms with Gasteiger partial charge in [0.15, 0.2) is 9.84 Å². The second-order valence-corrected chi connectivity index (χ2v) is 6.03. The fourth-order valence-corrected chi connectivity index (χ4v) is 2.61. The molecule has 0 atom stereocenters. The van der Waals surface area contributed by atoms with Crippen molar-refractivity contribution in [1.82, 2.24) is 0 Å². The lowest BCUT2D eigenvalue weighted by molar-refractivity contribution is 0.0696. The molecule has 0 amide bonds. The average Bonchev–Trinajstić information content (AvgIpc) is 2.28. The van der Waals surface area contributed by atoms with Crippen molar-refractivity contribution in [2.45, 2.75) is 11.8 Å². The summed E-state index contributed by atoms with van der Waals surface area (Å²) in [5.74, 6) is -1.19. The van der Waals surface area contributed by atoms with E-state index < -0.39 is 15.8 Å². The molecule has 0 aromatic heterocycles. The van der Waals surface area contributed by atoms with E-state index in [1.165, 1.54) is 25.1 Å². The molecule has 0 saturated heterocycles. The minimum absolute atomic E-state index is 0.0253. The summed E-state index contributed by atoms with van der Waals surface area (Å²) in [4.78, 5) is 12.5. The molecule has 17 heavy (non-hydrogen) atoms. The first-order chi connectivity index (χ1) is 7.79. The quantitative estimate of drug-likeness (QED) is 0.878. The van der Waals surface area contributed by atoms with Crippen LogP contribution in [0.3, 0.4) is 0 Å². The summed E-state index contributed by atoms with van der Waals surface area (Å²) < 4.78 is 23.8. The molecule has 0 aliphatic heterocycles. The van der Waals surface area contributed by atoms with Crippen LogP contribution in [0.1, 0.15) is 17.3 Å². The van der Waals surface area contributed by atoms with E-state index in [-0.39, 0.29) is 16.2 Å². The molecule has 94 valence electrons. The number of carboxylic acids is 1. The molecular formula is C11H15NO4S. The molecule has 6 heteroatoms. The molecule has 1 aromatic carbocycles. The van der Waals surface area contributed by atoms with Crippen molar-refractivity contribution in [2.24, 2.45) is 0 Å². The van der Waals surface area contributed by atoms with Crippen LogP contribution >= 0.6 is 0 Å². The lowest BCUT2D eigenvalue weighted by Crippen LogP contribution is -2.16. The van der Waals surface area contributed by atoms with Gasteiger partial charge in [-0.25, -0.2) is 13.2 Å². The fourth-order valence-electron chi connectivity index (χ4n) is 1.42. The van der Waals surface area contributed by atoms with Crippen LogP contribution in [0.2, 0.25) is 0 Å². The maximum Gasteiger partial charge on any atom is 0.335 e. The number of hydrogen-bond acceptors (Lipinski definition) is 4. The summed E-state index contributed by atoms with van der Waals surface area (Å²) in [5.41, 5.74) is 0.472. The zero-order chi connectivity index (χ0) is 13.2. The molecule has 0 aliphatic carbocycles. The summed E-state index contributed by atoms with van der Waals surface area (Å²) in [6.07, 6.45) is 0. The third kappa shape index (κ3) is 2.76. The molecule has 1 rings (SSSR count). The van der Waals surface area contributed by atoms with Gasteiger partial charge in [0, 0.05) is 14.1 Å². The van der Waals surface area contributed by atoms with Gasteiger partial charge in [0.2, 0.25) is 0 Å². The van der Waals surface area contributed by atoms with Gasteiger partial charge in [0.25, 0.3) is 0 Å². The number of carbonyl (C=O) groups is 1. The van der Waals surface area contributed by atoms with Gasteiger partial charge < -0.3 is 10.0 Å². The largest absolute Gasteiger partial charge is 0.478 e. The zero-order valence-corrected chi connectivity index (χ0v) is 10.8. The Bertz CT molecular complexity index is 534. The van der Waals surface area contributed by atoms with Gasteiger partial charge in [-0.1, -0.05) is 6.92 Å². The van der Waals surface area contributed by atoms with Crippen molar-refractivity contribution in [1.29, 1.82) is 0 Å². The van der Waals surface area contributed by atoms with Gasteiger partial charge in [-0.15, -0.1) is 0 Å².